The maximum absolute atomic E-state index is 12.3. The molecule has 2 aromatic carbocycles. The van der Waals surface area contributed by atoms with E-state index in [1.165, 1.54) is 30.3 Å². The van der Waals surface area contributed by atoms with Crippen LogP contribution in [0, 0.1) is 10.1 Å². The van der Waals surface area contributed by atoms with Gasteiger partial charge >= 0.3 is 0 Å². The fraction of sp³-hybridized carbons (Fsp3) is 0. The number of aromatic amines is 1. The van der Waals surface area contributed by atoms with Crippen molar-refractivity contribution in [1.29, 1.82) is 0 Å². The maximum Gasteiger partial charge on any atom is 0.272 e. The van der Waals surface area contributed by atoms with Crippen LogP contribution in [0.4, 0.5) is 11.4 Å². The summed E-state index contributed by atoms with van der Waals surface area (Å²) in [6.45, 7) is 0. The average Bonchev–Trinajstić information content (AvgIpc) is 2.98. The molecule has 120 valence electrons. The lowest BCUT2D eigenvalue weighted by Gasteiger charge is -2.04. The molecule has 2 amide bonds. The Morgan fingerprint density at radius 3 is 2.42 bits per heavy atom. The normalized spacial score (nSPS) is 10.5. The molecule has 0 saturated carbocycles. The van der Waals surface area contributed by atoms with Gasteiger partial charge in [-0.05, 0) is 36.4 Å². The van der Waals surface area contributed by atoms with Crippen molar-refractivity contribution < 1.29 is 14.5 Å². The second-order valence-electron chi connectivity index (χ2n) is 5.11. The van der Waals surface area contributed by atoms with E-state index in [-0.39, 0.29) is 11.4 Å². The van der Waals surface area contributed by atoms with Gasteiger partial charge in [-0.15, -0.1) is 0 Å². The monoisotopic (exact) mass is 324 g/mol. The molecule has 0 fully saturated rings. The Morgan fingerprint density at radius 2 is 1.79 bits per heavy atom. The Balaban J connectivity index is 1.83. The van der Waals surface area contributed by atoms with Crippen LogP contribution in [-0.4, -0.2) is 21.7 Å². The third-order valence-electron chi connectivity index (χ3n) is 3.49. The van der Waals surface area contributed by atoms with Crippen LogP contribution in [0.25, 0.3) is 10.9 Å². The topological polar surface area (TPSA) is 131 Å². The van der Waals surface area contributed by atoms with E-state index in [1.54, 1.807) is 18.2 Å². The zero-order valence-electron chi connectivity index (χ0n) is 12.3. The van der Waals surface area contributed by atoms with Crippen LogP contribution in [0.3, 0.4) is 0 Å². The predicted molar refractivity (Wildman–Crippen MR) is 87.9 cm³/mol. The molecule has 0 aliphatic carbocycles. The van der Waals surface area contributed by atoms with Crippen molar-refractivity contribution in [1.82, 2.24) is 4.98 Å². The van der Waals surface area contributed by atoms with Gasteiger partial charge in [-0.2, -0.15) is 0 Å². The number of nitrogens with one attached hydrogen (secondary N) is 2. The molecule has 1 aromatic heterocycles. The largest absolute Gasteiger partial charge is 0.366 e. The summed E-state index contributed by atoms with van der Waals surface area (Å²) in [6.07, 6.45) is 0. The summed E-state index contributed by atoms with van der Waals surface area (Å²) in [5.41, 5.74) is 6.83. The third-order valence-corrected chi connectivity index (χ3v) is 3.49. The Hall–Kier alpha value is -3.68. The summed E-state index contributed by atoms with van der Waals surface area (Å²) in [5.74, 6) is -0.953. The number of rotatable bonds is 4. The van der Waals surface area contributed by atoms with Crippen molar-refractivity contribution in [2.24, 2.45) is 5.73 Å². The molecular weight excluding hydrogens is 312 g/mol. The standard InChI is InChI=1S/C16H12N4O4/c17-15(21)9-1-3-11(4-2-9)18-16(22)14-8-10-7-12(20(23)24)5-6-13(10)19-14/h1-8,19H,(H2,17,21)(H,18,22). The van der Waals surface area contributed by atoms with E-state index in [0.717, 1.165) is 0 Å². The van der Waals surface area contributed by atoms with E-state index in [9.17, 15) is 19.7 Å². The first kappa shape index (κ1) is 15.2. The second-order valence-corrected chi connectivity index (χ2v) is 5.11. The van der Waals surface area contributed by atoms with Crippen LogP contribution in [0.2, 0.25) is 0 Å². The molecule has 8 nitrogen and oxygen atoms in total. The molecule has 24 heavy (non-hydrogen) atoms. The fourth-order valence-corrected chi connectivity index (χ4v) is 2.27. The number of benzene rings is 2. The van der Waals surface area contributed by atoms with Gasteiger partial charge in [-0.25, -0.2) is 0 Å². The number of carbonyl (C=O) groups is 2. The van der Waals surface area contributed by atoms with Crippen molar-refractivity contribution >= 4 is 34.1 Å². The van der Waals surface area contributed by atoms with Gasteiger partial charge in [-0.3, -0.25) is 19.7 Å². The molecule has 0 aliphatic heterocycles. The van der Waals surface area contributed by atoms with Gasteiger partial charge in [0, 0.05) is 34.3 Å². The summed E-state index contributed by atoms with van der Waals surface area (Å²) >= 11 is 0. The lowest BCUT2D eigenvalue weighted by atomic mass is 10.2. The first-order valence-electron chi connectivity index (χ1n) is 6.92. The minimum Gasteiger partial charge on any atom is -0.366 e. The molecule has 3 aromatic rings. The predicted octanol–water partition coefficient (Wildman–Crippen LogP) is 2.43. The first-order chi connectivity index (χ1) is 11.4. The first-order valence-corrected chi connectivity index (χ1v) is 6.92. The molecule has 0 aliphatic rings. The highest BCUT2D eigenvalue weighted by molar-refractivity contribution is 6.06. The van der Waals surface area contributed by atoms with Crippen molar-refractivity contribution in [2.75, 3.05) is 5.32 Å². The highest BCUT2D eigenvalue weighted by Gasteiger charge is 2.13. The summed E-state index contributed by atoms with van der Waals surface area (Å²) in [5, 5.41) is 14.0. The summed E-state index contributed by atoms with van der Waals surface area (Å²) in [6, 6.07) is 12.0. The number of nitrogens with zero attached hydrogens (tertiary/aromatic N) is 1. The maximum atomic E-state index is 12.3. The SMILES string of the molecule is NC(=O)c1ccc(NC(=O)c2cc3cc([N+](=O)[O-])ccc3[nH]2)cc1. The number of primary amides is 1. The number of non-ortho nitro benzene ring substituents is 1. The Kier molecular flexibility index (Phi) is 3.70. The molecule has 8 heteroatoms. The van der Waals surface area contributed by atoms with E-state index >= 15 is 0 Å². The number of anilines is 1. The zero-order chi connectivity index (χ0) is 17.3. The third kappa shape index (κ3) is 2.93. The smallest absolute Gasteiger partial charge is 0.272 e. The number of nitro groups is 1. The van der Waals surface area contributed by atoms with Crippen molar-refractivity contribution in [3.05, 3.63) is 69.9 Å². The summed E-state index contributed by atoms with van der Waals surface area (Å²) in [7, 11) is 0. The molecule has 0 radical (unpaired) electrons. The molecule has 3 rings (SSSR count). The fourth-order valence-electron chi connectivity index (χ4n) is 2.27. The van der Waals surface area contributed by atoms with E-state index in [4.69, 9.17) is 5.73 Å². The van der Waals surface area contributed by atoms with Crippen LogP contribution in [0.5, 0.6) is 0 Å². The lowest BCUT2D eigenvalue weighted by Crippen LogP contribution is -2.13. The summed E-state index contributed by atoms with van der Waals surface area (Å²) in [4.78, 5) is 36.5. The van der Waals surface area contributed by atoms with Crippen molar-refractivity contribution in [2.45, 2.75) is 0 Å². The molecule has 1 heterocycles. The number of carbonyl (C=O) groups excluding carboxylic acids is 2. The van der Waals surface area contributed by atoms with Crippen LogP contribution < -0.4 is 11.1 Å². The Labute approximate surface area is 135 Å². The van der Waals surface area contributed by atoms with Crippen LogP contribution in [-0.2, 0) is 0 Å². The molecule has 0 bridgehead atoms. The number of aromatic nitrogens is 1. The number of fused-ring (bicyclic) bond motifs is 1. The number of H-pyrrole nitrogens is 1. The van der Waals surface area contributed by atoms with E-state index in [1.807, 2.05) is 0 Å². The Bertz CT molecular complexity index is 960. The average molecular weight is 324 g/mol. The van der Waals surface area contributed by atoms with Crippen molar-refractivity contribution in [3.8, 4) is 0 Å². The van der Waals surface area contributed by atoms with Gasteiger partial charge in [0.25, 0.3) is 11.6 Å². The molecule has 0 saturated heterocycles. The van der Waals surface area contributed by atoms with Crippen LogP contribution in [0.15, 0.2) is 48.5 Å². The van der Waals surface area contributed by atoms with Crippen LogP contribution in [0.1, 0.15) is 20.8 Å². The highest BCUT2D eigenvalue weighted by atomic mass is 16.6. The number of amides is 2. The zero-order valence-corrected chi connectivity index (χ0v) is 12.3. The highest BCUT2D eigenvalue weighted by Crippen LogP contribution is 2.22. The molecule has 0 unspecified atom stereocenters. The minimum atomic E-state index is -0.551. The van der Waals surface area contributed by atoms with Crippen LogP contribution >= 0.6 is 0 Å². The number of nitrogens with two attached hydrogens (primary N) is 1. The number of hydrogen-bond donors (Lipinski definition) is 3. The van der Waals surface area contributed by atoms with Gasteiger partial charge in [-0.1, -0.05) is 0 Å². The van der Waals surface area contributed by atoms with Crippen molar-refractivity contribution in [3.63, 3.8) is 0 Å². The van der Waals surface area contributed by atoms with E-state index < -0.39 is 16.7 Å². The minimum absolute atomic E-state index is 0.0458. The van der Waals surface area contributed by atoms with Gasteiger partial charge < -0.3 is 16.0 Å². The van der Waals surface area contributed by atoms with E-state index in [0.29, 0.717) is 22.2 Å². The second kappa shape index (κ2) is 5.84. The molecule has 0 spiro atoms. The van der Waals surface area contributed by atoms with E-state index in [2.05, 4.69) is 10.3 Å². The summed E-state index contributed by atoms with van der Waals surface area (Å²) < 4.78 is 0. The Morgan fingerprint density at radius 1 is 1.08 bits per heavy atom. The molecule has 0 atom stereocenters. The lowest BCUT2D eigenvalue weighted by molar-refractivity contribution is -0.384. The van der Waals surface area contributed by atoms with Gasteiger partial charge in [0.2, 0.25) is 5.91 Å². The quantitative estimate of drug-likeness (QED) is 0.502. The van der Waals surface area contributed by atoms with Gasteiger partial charge in [0.15, 0.2) is 0 Å². The number of nitro benzene ring substituents is 1. The molecule has 4 N–H and O–H groups in total. The van der Waals surface area contributed by atoms with Gasteiger partial charge in [0.05, 0.1) is 4.92 Å². The number of hydrogen-bond acceptors (Lipinski definition) is 4. The molecular formula is C16H12N4O4. The van der Waals surface area contributed by atoms with Gasteiger partial charge in [0.1, 0.15) is 5.69 Å².